The van der Waals surface area contributed by atoms with Crippen LogP contribution in [0.3, 0.4) is 0 Å². The van der Waals surface area contributed by atoms with Gasteiger partial charge in [-0.05, 0) is 38.8 Å². The fourth-order valence-corrected chi connectivity index (χ4v) is 0.956. The molecule has 0 rings (SSSR count). The highest BCUT2D eigenvalue weighted by Gasteiger charge is 1.92. The molecule has 0 amide bonds. The van der Waals surface area contributed by atoms with Crippen molar-refractivity contribution < 1.29 is 24.3 Å². The zero-order valence-electron chi connectivity index (χ0n) is 12.4. The molecular formula is C14H26O5. The highest BCUT2D eigenvalue weighted by atomic mass is 17.5. The van der Waals surface area contributed by atoms with Gasteiger partial charge in [0.25, 0.3) is 0 Å². The fourth-order valence-electron chi connectivity index (χ4n) is 0.956. The van der Waals surface area contributed by atoms with Gasteiger partial charge in [-0.1, -0.05) is 5.04 Å². The lowest BCUT2D eigenvalue weighted by atomic mass is 10.4. The molecule has 0 aromatic carbocycles. The van der Waals surface area contributed by atoms with Gasteiger partial charge in [0, 0.05) is 12.8 Å². The third kappa shape index (κ3) is 17.0. The minimum Gasteiger partial charge on any atom is -0.501 e. The van der Waals surface area contributed by atoms with Crippen LogP contribution < -0.4 is 0 Å². The van der Waals surface area contributed by atoms with Crippen molar-refractivity contribution in [3.05, 3.63) is 23.7 Å². The van der Waals surface area contributed by atoms with Gasteiger partial charge in [-0.15, -0.1) is 0 Å². The Bertz CT molecular complexity index is 227. The Morgan fingerprint density at radius 1 is 0.684 bits per heavy atom. The molecule has 5 nitrogen and oxygen atoms in total. The molecule has 0 aromatic heterocycles. The number of hydrogen-bond donors (Lipinski definition) is 0. The lowest BCUT2D eigenvalue weighted by molar-refractivity contribution is -0.512. The molecule has 0 radical (unpaired) electrons. The van der Waals surface area contributed by atoms with Crippen molar-refractivity contribution in [1.29, 1.82) is 0 Å². The Kier molecular flexibility index (Phi) is 12.7. The summed E-state index contributed by atoms with van der Waals surface area (Å²) in [5.41, 5.74) is 2.27. The maximum Gasteiger partial charge on any atom is 0.0896 e. The first-order valence-corrected chi connectivity index (χ1v) is 6.54. The third-order valence-corrected chi connectivity index (χ3v) is 1.71. The van der Waals surface area contributed by atoms with E-state index >= 15 is 0 Å². The van der Waals surface area contributed by atoms with Gasteiger partial charge in [0.2, 0.25) is 0 Å². The monoisotopic (exact) mass is 274 g/mol. The number of allylic oxidation sites excluding steroid dienone is 2. The Hall–Kier alpha value is -1.04. The van der Waals surface area contributed by atoms with E-state index in [0.29, 0.717) is 26.4 Å². The second-order valence-electron chi connectivity index (χ2n) is 4.55. The van der Waals surface area contributed by atoms with Crippen molar-refractivity contribution in [3.63, 3.8) is 0 Å². The van der Waals surface area contributed by atoms with E-state index in [1.54, 1.807) is 12.5 Å². The van der Waals surface area contributed by atoms with Crippen molar-refractivity contribution in [2.75, 3.05) is 26.4 Å². The van der Waals surface area contributed by atoms with Gasteiger partial charge in [0.15, 0.2) is 0 Å². The van der Waals surface area contributed by atoms with Crippen LogP contribution in [0.4, 0.5) is 0 Å². The van der Waals surface area contributed by atoms with Crippen LogP contribution in [0.1, 0.15) is 40.5 Å². The minimum atomic E-state index is 0.435. The van der Waals surface area contributed by atoms with E-state index < -0.39 is 0 Å². The Balaban J connectivity index is 3.07. The quantitative estimate of drug-likeness (QED) is 0.236. The number of rotatable bonds is 12. The summed E-state index contributed by atoms with van der Waals surface area (Å²) in [4.78, 5) is 9.62. The SMILES string of the molecule is CC(C)=COCCCOOOCCCOC=C(C)C. The molecule has 19 heavy (non-hydrogen) atoms. The summed E-state index contributed by atoms with van der Waals surface area (Å²) in [6.45, 7) is 10.00. The summed E-state index contributed by atoms with van der Waals surface area (Å²) in [7, 11) is 0. The summed E-state index contributed by atoms with van der Waals surface area (Å²) in [5, 5.41) is 4.55. The molecule has 0 aliphatic heterocycles. The molecule has 0 aliphatic carbocycles. The molecule has 0 bridgehead atoms. The molecule has 0 unspecified atom stereocenters. The van der Waals surface area contributed by atoms with Crippen LogP contribution in [0.15, 0.2) is 23.7 Å². The van der Waals surface area contributed by atoms with E-state index in [2.05, 4.69) is 5.04 Å². The molecule has 112 valence electrons. The molecule has 0 fully saturated rings. The standard InChI is InChI=1S/C14H26O5/c1-13(2)11-15-7-5-9-17-19-18-10-6-8-16-12-14(3)4/h11-12H,5-10H2,1-4H3. The van der Waals surface area contributed by atoms with Crippen LogP contribution in [0.25, 0.3) is 0 Å². The minimum absolute atomic E-state index is 0.435. The van der Waals surface area contributed by atoms with Crippen molar-refractivity contribution in [3.8, 4) is 0 Å². The fraction of sp³-hybridized carbons (Fsp3) is 0.714. The summed E-state index contributed by atoms with van der Waals surface area (Å²) in [5.74, 6) is 0. The van der Waals surface area contributed by atoms with Crippen LogP contribution in [0.2, 0.25) is 0 Å². The predicted octanol–water partition coefficient (Wildman–Crippen LogP) is 3.53. The summed E-state index contributed by atoms with van der Waals surface area (Å²) < 4.78 is 10.5. The van der Waals surface area contributed by atoms with Crippen LogP contribution in [0, 0.1) is 0 Å². The Morgan fingerprint density at radius 3 is 1.47 bits per heavy atom. The van der Waals surface area contributed by atoms with Crippen molar-refractivity contribution in [1.82, 2.24) is 0 Å². The molecule has 0 heterocycles. The summed E-state index contributed by atoms with van der Waals surface area (Å²) in [6.07, 6.45) is 4.95. The first kappa shape index (κ1) is 18.0. The highest BCUT2D eigenvalue weighted by Crippen LogP contribution is 1.94. The average molecular weight is 274 g/mol. The second kappa shape index (κ2) is 13.4. The molecule has 0 aromatic rings. The summed E-state index contributed by atoms with van der Waals surface area (Å²) >= 11 is 0. The lowest BCUT2D eigenvalue weighted by Crippen LogP contribution is -2.03. The van der Waals surface area contributed by atoms with Crippen LogP contribution in [-0.4, -0.2) is 26.4 Å². The molecule has 0 N–H and O–H groups in total. The molecule has 0 spiro atoms. The van der Waals surface area contributed by atoms with Crippen LogP contribution in [-0.2, 0) is 24.3 Å². The van der Waals surface area contributed by atoms with Gasteiger partial charge in [-0.3, -0.25) is 0 Å². The molecule has 0 atom stereocenters. The Morgan fingerprint density at radius 2 is 1.11 bits per heavy atom. The summed E-state index contributed by atoms with van der Waals surface area (Å²) in [6, 6.07) is 0. The van der Waals surface area contributed by atoms with E-state index in [1.807, 2.05) is 27.7 Å². The average Bonchev–Trinajstić information content (AvgIpc) is 2.34. The van der Waals surface area contributed by atoms with Crippen molar-refractivity contribution in [2.45, 2.75) is 40.5 Å². The maximum atomic E-state index is 5.23. The van der Waals surface area contributed by atoms with Gasteiger partial charge in [0.05, 0.1) is 39.0 Å². The maximum absolute atomic E-state index is 5.23. The molecule has 5 heteroatoms. The first-order valence-electron chi connectivity index (χ1n) is 6.54. The van der Waals surface area contributed by atoms with Gasteiger partial charge in [-0.2, -0.15) is 0 Å². The smallest absolute Gasteiger partial charge is 0.0896 e. The zero-order valence-corrected chi connectivity index (χ0v) is 12.4. The van der Waals surface area contributed by atoms with Crippen molar-refractivity contribution >= 4 is 0 Å². The van der Waals surface area contributed by atoms with Crippen molar-refractivity contribution in [2.24, 2.45) is 0 Å². The normalized spacial score (nSPS) is 9.89. The van der Waals surface area contributed by atoms with E-state index in [4.69, 9.17) is 19.2 Å². The van der Waals surface area contributed by atoms with Gasteiger partial charge in [0.1, 0.15) is 0 Å². The number of ether oxygens (including phenoxy) is 2. The van der Waals surface area contributed by atoms with Crippen LogP contribution >= 0.6 is 0 Å². The lowest BCUT2D eigenvalue weighted by Gasteiger charge is -2.04. The topological polar surface area (TPSA) is 46.2 Å². The van der Waals surface area contributed by atoms with Gasteiger partial charge < -0.3 is 9.47 Å². The highest BCUT2D eigenvalue weighted by molar-refractivity contribution is 4.86. The molecule has 0 saturated heterocycles. The van der Waals surface area contributed by atoms with E-state index in [9.17, 15) is 0 Å². The third-order valence-electron chi connectivity index (χ3n) is 1.71. The zero-order chi connectivity index (χ0) is 14.3. The first-order chi connectivity index (χ1) is 9.13. The molecular weight excluding hydrogens is 248 g/mol. The van der Waals surface area contributed by atoms with Gasteiger partial charge in [-0.25, -0.2) is 9.78 Å². The molecule has 0 saturated carbocycles. The second-order valence-corrected chi connectivity index (χ2v) is 4.55. The van der Waals surface area contributed by atoms with Crippen LogP contribution in [0.5, 0.6) is 0 Å². The van der Waals surface area contributed by atoms with E-state index in [1.165, 1.54) is 0 Å². The largest absolute Gasteiger partial charge is 0.501 e. The number of hydrogen-bond acceptors (Lipinski definition) is 5. The predicted molar refractivity (Wildman–Crippen MR) is 73.0 cm³/mol. The Labute approximate surface area is 116 Å². The molecule has 0 aliphatic rings. The van der Waals surface area contributed by atoms with E-state index in [0.717, 1.165) is 24.0 Å². The van der Waals surface area contributed by atoms with E-state index in [-0.39, 0.29) is 0 Å². The van der Waals surface area contributed by atoms with Gasteiger partial charge >= 0.3 is 0 Å².